The summed E-state index contributed by atoms with van der Waals surface area (Å²) in [4.78, 5) is 3.86. The maximum Gasteiger partial charge on any atom is 0.218 e. The third-order valence-corrected chi connectivity index (χ3v) is 5.15. The summed E-state index contributed by atoms with van der Waals surface area (Å²) < 4.78 is 25.8. The van der Waals surface area contributed by atoms with E-state index in [1.54, 1.807) is 12.1 Å². The Kier molecular flexibility index (Phi) is 4.21. The summed E-state index contributed by atoms with van der Waals surface area (Å²) in [6, 6.07) is 2.94. The molecule has 0 spiro atoms. The van der Waals surface area contributed by atoms with Crippen molar-refractivity contribution in [3.05, 3.63) is 29.0 Å². The molecule has 1 aliphatic rings. The van der Waals surface area contributed by atoms with Crippen molar-refractivity contribution in [2.75, 3.05) is 13.2 Å². The number of aliphatic hydroxyl groups excluding tert-OH is 1. The summed E-state index contributed by atoms with van der Waals surface area (Å²) in [6.45, 7) is 0.354. The molecule has 0 radical (unpaired) electrons. The Morgan fingerprint density at radius 2 is 2.28 bits per heavy atom. The lowest BCUT2D eigenvalue weighted by Gasteiger charge is -2.22. The molecule has 2 rings (SSSR count). The molecule has 1 saturated heterocycles. The van der Waals surface area contributed by atoms with E-state index in [1.165, 1.54) is 10.5 Å². The van der Waals surface area contributed by atoms with Crippen LogP contribution in [0.4, 0.5) is 0 Å². The molecule has 1 aromatic heterocycles. The van der Waals surface area contributed by atoms with Crippen LogP contribution in [0.5, 0.6) is 0 Å². The number of nitrogens with zero attached hydrogens (tertiary/aromatic N) is 2. The highest BCUT2D eigenvalue weighted by Gasteiger charge is 2.33. The summed E-state index contributed by atoms with van der Waals surface area (Å²) >= 11 is 5.65. The first-order valence-corrected chi connectivity index (χ1v) is 7.72. The lowest BCUT2D eigenvalue weighted by Crippen LogP contribution is -2.38. The second kappa shape index (κ2) is 5.52. The topological polar surface area (TPSA) is 70.5 Å². The fourth-order valence-electron chi connectivity index (χ4n) is 2.14. The standard InChI is InChI=1S/C11H15ClN2O3S/c12-11-4-3-9(6-13-11)8-18(16,17)14-5-1-2-10(14)7-15/h3-4,6,10,15H,1-2,5,7-8H2/t10-/m1/s1. The Morgan fingerprint density at radius 3 is 2.89 bits per heavy atom. The second-order valence-corrected chi connectivity index (χ2v) is 6.64. The average molecular weight is 291 g/mol. The van der Waals surface area contributed by atoms with E-state index in [0.29, 0.717) is 23.7 Å². The number of aliphatic hydroxyl groups is 1. The molecule has 0 aliphatic carbocycles. The molecule has 100 valence electrons. The van der Waals surface area contributed by atoms with Gasteiger partial charge in [0, 0.05) is 18.8 Å². The maximum absolute atomic E-state index is 12.2. The predicted molar refractivity (Wildman–Crippen MR) is 68.7 cm³/mol. The van der Waals surface area contributed by atoms with Crippen LogP contribution in [0.2, 0.25) is 5.15 Å². The fourth-order valence-corrected chi connectivity index (χ4v) is 4.05. The number of sulfonamides is 1. The van der Waals surface area contributed by atoms with Gasteiger partial charge >= 0.3 is 0 Å². The van der Waals surface area contributed by atoms with Gasteiger partial charge in [0.15, 0.2) is 0 Å². The molecule has 7 heteroatoms. The molecule has 1 aromatic rings. The minimum atomic E-state index is -3.40. The van der Waals surface area contributed by atoms with Gasteiger partial charge in [0.2, 0.25) is 10.0 Å². The number of rotatable bonds is 4. The van der Waals surface area contributed by atoms with Crippen molar-refractivity contribution in [1.82, 2.24) is 9.29 Å². The molecule has 0 bridgehead atoms. The molecule has 0 aromatic carbocycles. The number of hydrogen-bond donors (Lipinski definition) is 1. The molecule has 0 amide bonds. The van der Waals surface area contributed by atoms with Crippen LogP contribution in [0.3, 0.4) is 0 Å². The fraction of sp³-hybridized carbons (Fsp3) is 0.545. The van der Waals surface area contributed by atoms with Crippen LogP contribution in [0.1, 0.15) is 18.4 Å². The highest BCUT2D eigenvalue weighted by Crippen LogP contribution is 2.23. The van der Waals surface area contributed by atoms with Gasteiger partial charge < -0.3 is 5.11 Å². The average Bonchev–Trinajstić information content (AvgIpc) is 2.81. The van der Waals surface area contributed by atoms with Crippen molar-refractivity contribution in [2.45, 2.75) is 24.6 Å². The first kappa shape index (κ1) is 13.7. The van der Waals surface area contributed by atoms with Crippen molar-refractivity contribution in [1.29, 1.82) is 0 Å². The van der Waals surface area contributed by atoms with Crippen LogP contribution >= 0.6 is 11.6 Å². The lowest BCUT2D eigenvalue weighted by molar-refractivity contribution is 0.213. The van der Waals surface area contributed by atoms with Crippen molar-refractivity contribution in [3.63, 3.8) is 0 Å². The Morgan fingerprint density at radius 1 is 1.50 bits per heavy atom. The quantitative estimate of drug-likeness (QED) is 0.841. The molecule has 1 fully saturated rings. The smallest absolute Gasteiger partial charge is 0.218 e. The van der Waals surface area contributed by atoms with Crippen LogP contribution in [-0.4, -0.2) is 42.0 Å². The molecule has 1 aliphatic heterocycles. The van der Waals surface area contributed by atoms with Gasteiger partial charge in [-0.25, -0.2) is 13.4 Å². The van der Waals surface area contributed by atoms with E-state index in [1.807, 2.05) is 0 Å². The Labute approximate surface area is 111 Å². The van der Waals surface area contributed by atoms with E-state index < -0.39 is 10.0 Å². The summed E-state index contributed by atoms with van der Waals surface area (Å²) in [6.07, 6.45) is 2.97. The monoisotopic (exact) mass is 290 g/mol. The van der Waals surface area contributed by atoms with Gasteiger partial charge in [-0.2, -0.15) is 4.31 Å². The molecule has 5 nitrogen and oxygen atoms in total. The number of aromatic nitrogens is 1. The van der Waals surface area contributed by atoms with E-state index in [-0.39, 0.29) is 18.4 Å². The number of pyridine rings is 1. The molecule has 1 N–H and O–H groups in total. The molecular weight excluding hydrogens is 276 g/mol. The van der Waals surface area contributed by atoms with E-state index in [2.05, 4.69) is 4.98 Å². The highest BCUT2D eigenvalue weighted by atomic mass is 35.5. The van der Waals surface area contributed by atoms with Gasteiger partial charge in [-0.05, 0) is 24.5 Å². The molecule has 1 atom stereocenters. The van der Waals surface area contributed by atoms with Crippen molar-refractivity contribution < 1.29 is 13.5 Å². The summed E-state index contributed by atoms with van der Waals surface area (Å²) in [7, 11) is -3.40. The summed E-state index contributed by atoms with van der Waals surface area (Å²) in [5, 5.41) is 9.50. The largest absolute Gasteiger partial charge is 0.395 e. The number of hydrogen-bond acceptors (Lipinski definition) is 4. The first-order chi connectivity index (χ1) is 8.53. The van der Waals surface area contributed by atoms with Gasteiger partial charge in [-0.15, -0.1) is 0 Å². The van der Waals surface area contributed by atoms with Crippen molar-refractivity contribution in [3.8, 4) is 0 Å². The zero-order valence-corrected chi connectivity index (χ0v) is 11.4. The summed E-state index contributed by atoms with van der Waals surface area (Å²) in [5.74, 6) is -0.104. The molecule has 0 saturated carbocycles. The van der Waals surface area contributed by atoms with Crippen LogP contribution in [0.25, 0.3) is 0 Å². The SMILES string of the molecule is O=S(=O)(Cc1ccc(Cl)nc1)N1CCC[C@@H]1CO. The van der Waals surface area contributed by atoms with Gasteiger partial charge in [0.1, 0.15) is 5.15 Å². The number of halogens is 1. The van der Waals surface area contributed by atoms with Crippen molar-refractivity contribution >= 4 is 21.6 Å². The minimum Gasteiger partial charge on any atom is -0.395 e. The third kappa shape index (κ3) is 3.00. The zero-order chi connectivity index (χ0) is 13.2. The zero-order valence-electron chi connectivity index (χ0n) is 9.79. The van der Waals surface area contributed by atoms with E-state index >= 15 is 0 Å². The van der Waals surface area contributed by atoms with Crippen LogP contribution in [0.15, 0.2) is 18.3 Å². The second-order valence-electron chi connectivity index (χ2n) is 4.33. The Balaban J connectivity index is 2.14. The maximum atomic E-state index is 12.2. The normalized spacial score (nSPS) is 21.3. The van der Waals surface area contributed by atoms with Gasteiger partial charge in [-0.1, -0.05) is 17.7 Å². The van der Waals surface area contributed by atoms with E-state index in [9.17, 15) is 8.42 Å². The predicted octanol–water partition coefficient (Wildman–Crippen LogP) is 1.02. The molecule has 18 heavy (non-hydrogen) atoms. The third-order valence-electron chi connectivity index (χ3n) is 3.03. The molecular formula is C11H15ClN2O3S. The van der Waals surface area contributed by atoms with Gasteiger partial charge in [0.25, 0.3) is 0 Å². The van der Waals surface area contributed by atoms with Crippen LogP contribution < -0.4 is 0 Å². The summed E-state index contributed by atoms with van der Waals surface area (Å²) in [5.41, 5.74) is 0.600. The molecule has 0 unspecified atom stereocenters. The lowest BCUT2D eigenvalue weighted by atomic mass is 10.2. The highest BCUT2D eigenvalue weighted by molar-refractivity contribution is 7.88. The Bertz CT molecular complexity index is 504. The molecule has 2 heterocycles. The first-order valence-electron chi connectivity index (χ1n) is 5.74. The Hall–Kier alpha value is -0.690. The van der Waals surface area contributed by atoms with Crippen LogP contribution in [-0.2, 0) is 15.8 Å². The van der Waals surface area contributed by atoms with Gasteiger partial charge in [0.05, 0.1) is 12.4 Å². The minimum absolute atomic E-state index is 0.104. The van der Waals surface area contributed by atoms with E-state index in [0.717, 1.165) is 6.42 Å². The van der Waals surface area contributed by atoms with E-state index in [4.69, 9.17) is 16.7 Å². The van der Waals surface area contributed by atoms with Crippen LogP contribution in [0, 0.1) is 0 Å². The van der Waals surface area contributed by atoms with Crippen molar-refractivity contribution in [2.24, 2.45) is 0 Å². The van der Waals surface area contributed by atoms with Gasteiger partial charge in [-0.3, -0.25) is 0 Å².